The molecule has 0 unspecified atom stereocenters. The number of ether oxygens (including phenoxy) is 2. The minimum absolute atomic E-state index is 0.235. The third-order valence-electron chi connectivity index (χ3n) is 2.61. The van der Waals surface area contributed by atoms with E-state index in [1.54, 1.807) is 18.2 Å². The van der Waals surface area contributed by atoms with Gasteiger partial charge in [-0.1, -0.05) is 6.07 Å². The lowest BCUT2D eigenvalue weighted by Crippen LogP contribution is -2.48. The number of carbonyl (C=O) groups excluding carboxylic acids is 1. The fourth-order valence-corrected chi connectivity index (χ4v) is 1.49. The number of nitrogens with one attached hydrogen (secondary N) is 1. The van der Waals surface area contributed by atoms with Crippen molar-refractivity contribution in [1.82, 2.24) is 5.32 Å². The monoisotopic (exact) mass is 252 g/mol. The first kappa shape index (κ1) is 14.3. The molecule has 1 rings (SSSR count). The van der Waals surface area contributed by atoms with Crippen LogP contribution in [-0.4, -0.2) is 32.2 Å². The van der Waals surface area contributed by atoms with Crippen molar-refractivity contribution in [3.8, 4) is 11.5 Å². The molecule has 100 valence electrons. The highest BCUT2D eigenvalue weighted by molar-refractivity contribution is 5.98. The largest absolute Gasteiger partial charge is 0.493 e. The number of hydrogen-bond donors (Lipinski definition) is 2. The Morgan fingerprint density at radius 2 is 2.00 bits per heavy atom. The zero-order valence-electron chi connectivity index (χ0n) is 11.2. The molecule has 0 saturated heterocycles. The van der Waals surface area contributed by atoms with Crippen molar-refractivity contribution in [1.29, 1.82) is 0 Å². The first-order valence-corrected chi connectivity index (χ1v) is 5.68. The van der Waals surface area contributed by atoms with Gasteiger partial charge in [0.2, 0.25) is 0 Å². The lowest BCUT2D eigenvalue weighted by molar-refractivity contribution is 0.0912. The molecule has 0 aliphatic carbocycles. The van der Waals surface area contributed by atoms with Gasteiger partial charge >= 0.3 is 0 Å². The van der Waals surface area contributed by atoms with Crippen LogP contribution in [0.3, 0.4) is 0 Å². The number of benzene rings is 1. The zero-order chi connectivity index (χ0) is 13.8. The number of amides is 1. The van der Waals surface area contributed by atoms with Gasteiger partial charge in [-0.15, -0.1) is 0 Å². The van der Waals surface area contributed by atoms with Crippen LogP contribution in [0.25, 0.3) is 0 Å². The molecule has 0 bridgehead atoms. The third-order valence-corrected chi connectivity index (χ3v) is 2.61. The first-order chi connectivity index (χ1) is 8.45. The van der Waals surface area contributed by atoms with Crippen molar-refractivity contribution in [3.63, 3.8) is 0 Å². The second-order valence-electron chi connectivity index (χ2n) is 4.58. The molecule has 0 spiro atoms. The molecule has 0 fully saturated rings. The van der Waals surface area contributed by atoms with Crippen molar-refractivity contribution in [2.24, 2.45) is 5.73 Å². The number of hydrogen-bond acceptors (Lipinski definition) is 4. The fourth-order valence-electron chi connectivity index (χ4n) is 1.49. The SMILES string of the molecule is COc1cccc(C(=O)NC(C)(C)CN)c1OC. The first-order valence-electron chi connectivity index (χ1n) is 5.68. The van der Waals surface area contributed by atoms with Crippen molar-refractivity contribution in [2.45, 2.75) is 19.4 Å². The molecule has 0 aliphatic rings. The van der Waals surface area contributed by atoms with Gasteiger partial charge in [0.15, 0.2) is 11.5 Å². The topological polar surface area (TPSA) is 73.6 Å². The van der Waals surface area contributed by atoms with E-state index < -0.39 is 5.54 Å². The van der Waals surface area contributed by atoms with Gasteiger partial charge in [-0.3, -0.25) is 4.79 Å². The molecule has 0 aromatic heterocycles. The number of para-hydroxylation sites is 1. The quantitative estimate of drug-likeness (QED) is 0.825. The third kappa shape index (κ3) is 3.13. The van der Waals surface area contributed by atoms with Crippen molar-refractivity contribution in [3.05, 3.63) is 23.8 Å². The van der Waals surface area contributed by atoms with Crippen LogP contribution in [0.2, 0.25) is 0 Å². The highest BCUT2D eigenvalue weighted by Crippen LogP contribution is 2.30. The van der Waals surface area contributed by atoms with Crippen LogP contribution >= 0.6 is 0 Å². The average Bonchev–Trinajstić information content (AvgIpc) is 2.37. The normalized spacial score (nSPS) is 10.9. The number of nitrogens with two attached hydrogens (primary N) is 1. The van der Waals surface area contributed by atoms with Crippen LogP contribution < -0.4 is 20.5 Å². The van der Waals surface area contributed by atoms with E-state index in [1.165, 1.54) is 14.2 Å². The minimum atomic E-state index is -0.467. The van der Waals surface area contributed by atoms with Crippen molar-refractivity contribution >= 4 is 5.91 Å². The molecular formula is C13H20N2O3. The van der Waals surface area contributed by atoms with Gasteiger partial charge < -0.3 is 20.5 Å². The summed E-state index contributed by atoms with van der Waals surface area (Å²) in [5.74, 6) is 0.710. The van der Waals surface area contributed by atoms with Crippen molar-refractivity contribution in [2.75, 3.05) is 20.8 Å². The Kier molecular flexibility index (Phi) is 4.55. The van der Waals surface area contributed by atoms with Gasteiger partial charge in [-0.05, 0) is 26.0 Å². The summed E-state index contributed by atoms with van der Waals surface area (Å²) in [6.45, 7) is 4.07. The number of carbonyl (C=O) groups is 1. The van der Waals surface area contributed by atoms with Gasteiger partial charge in [0, 0.05) is 12.1 Å². The van der Waals surface area contributed by atoms with Crippen molar-refractivity contribution < 1.29 is 14.3 Å². The molecule has 1 aromatic carbocycles. The number of methoxy groups -OCH3 is 2. The Labute approximate surface area is 107 Å². The van der Waals surface area contributed by atoms with E-state index in [9.17, 15) is 4.79 Å². The van der Waals surface area contributed by atoms with Gasteiger partial charge in [-0.2, -0.15) is 0 Å². The molecule has 5 nitrogen and oxygen atoms in total. The maximum atomic E-state index is 12.2. The average molecular weight is 252 g/mol. The summed E-state index contributed by atoms with van der Waals surface area (Å²) < 4.78 is 10.4. The predicted octanol–water partition coefficient (Wildman–Crippen LogP) is 1.17. The second kappa shape index (κ2) is 5.73. The maximum absolute atomic E-state index is 12.2. The molecule has 0 atom stereocenters. The molecule has 18 heavy (non-hydrogen) atoms. The van der Waals surface area contributed by atoms with E-state index in [-0.39, 0.29) is 5.91 Å². The van der Waals surface area contributed by atoms with E-state index in [0.29, 0.717) is 23.6 Å². The molecule has 3 N–H and O–H groups in total. The molecule has 0 radical (unpaired) electrons. The highest BCUT2D eigenvalue weighted by atomic mass is 16.5. The zero-order valence-corrected chi connectivity index (χ0v) is 11.2. The van der Waals surface area contributed by atoms with Gasteiger partial charge in [0.05, 0.1) is 19.8 Å². The summed E-state index contributed by atoms with van der Waals surface area (Å²) in [6, 6.07) is 5.17. The van der Waals surface area contributed by atoms with Crippen LogP contribution in [0, 0.1) is 0 Å². The highest BCUT2D eigenvalue weighted by Gasteiger charge is 2.22. The van der Waals surface area contributed by atoms with E-state index in [4.69, 9.17) is 15.2 Å². The summed E-state index contributed by atoms with van der Waals surface area (Å²) in [5, 5.41) is 2.85. The Morgan fingerprint density at radius 3 is 2.50 bits per heavy atom. The Morgan fingerprint density at radius 1 is 1.33 bits per heavy atom. The predicted molar refractivity (Wildman–Crippen MR) is 70.1 cm³/mol. The van der Waals surface area contributed by atoms with Crippen LogP contribution in [0.1, 0.15) is 24.2 Å². The maximum Gasteiger partial charge on any atom is 0.255 e. The summed E-state index contributed by atoms with van der Waals surface area (Å²) >= 11 is 0. The van der Waals surface area contributed by atoms with Gasteiger partial charge in [0.1, 0.15) is 0 Å². The summed E-state index contributed by atoms with van der Waals surface area (Å²) in [5.41, 5.74) is 5.55. The van der Waals surface area contributed by atoms with E-state index in [2.05, 4.69) is 5.32 Å². The Balaban J connectivity index is 3.06. The molecule has 0 saturated carbocycles. The van der Waals surface area contributed by atoms with Crippen LogP contribution in [-0.2, 0) is 0 Å². The molecule has 0 heterocycles. The smallest absolute Gasteiger partial charge is 0.255 e. The lowest BCUT2D eigenvalue weighted by Gasteiger charge is -2.24. The second-order valence-corrected chi connectivity index (χ2v) is 4.58. The Bertz CT molecular complexity index is 430. The minimum Gasteiger partial charge on any atom is -0.493 e. The fraction of sp³-hybridized carbons (Fsp3) is 0.462. The summed E-state index contributed by atoms with van der Waals surface area (Å²) in [6.07, 6.45) is 0. The van der Waals surface area contributed by atoms with Crippen LogP contribution in [0.5, 0.6) is 11.5 Å². The lowest BCUT2D eigenvalue weighted by atomic mass is 10.0. The molecule has 1 amide bonds. The molecule has 5 heteroatoms. The van der Waals surface area contributed by atoms with Gasteiger partial charge in [-0.25, -0.2) is 0 Å². The summed E-state index contributed by atoms with van der Waals surface area (Å²) in [4.78, 5) is 12.2. The van der Waals surface area contributed by atoms with E-state index in [0.717, 1.165) is 0 Å². The standard InChI is InChI=1S/C13H20N2O3/c1-13(2,8-14)15-12(16)9-6-5-7-10(17-3)11(9)18-4/h5-7H,8,14H2,1-4H3,(H,15,16). The summed E-state index contributed by atoms with van der Waals surface area (Å²) in [7, 11) is 3.03. The number of rotatable bonds is 5. The van der Waals surface area contributed by atoms with E-state index >= 15 is 0 Å². The Hall–Kier alpha value is -1.75. The van der Waals surface area contributed by atoms with Crippen LogP contribution in [0.15, 0.2) is 18.2 Å². The van der Waals surface area contributed by atoms with E-state index in [1.807, 2.05) is 13.8 Å². The molecule has 0 aliphatic heterocycles. The molecular weight excluding hydrogens is 232 g/mol. The van der Waals surface area contributed by atoms with Crippen LogP contribution in [0.4, 0.5) is 0 Å². The molecule has 1 aromatic rings. The van der Waals surface area contributed by atoms with Gasteiger partial charge in [0.25, 0.3) is 5.91 Å².